The summed E-state index contributed by atoms with van der Waals surface area (Å²) in [6, 6.07) is 7.04. The van der Waals surface area contributed by atoms with Crippen LogP contribution in [0.4, 0.5) is 0 Å². The van der Waals surface area contributed by atoms with Crippen LogP contribution < -0.4 is 5.76 Å². The molecule has 0 aliphatic heterocycles. The van der Waals surface area contributed by atoms with Gasteiger partial charge in [-0.2, -0.15) is 0 Å². The molecule has 0 saturated heterocycles. The van der Waals surface area contributed by atoms with Gasteiger partial charge in [-0.3, -0.25) is 9.36 Å². The van der Waals surface area contributed by atoms with Crippen molar-refractivity contribution < 1.29 is 13.9 Å². The molecule has 3 rings (SSSR count). The molecular formula is C17H19NO4. The molecular weight excluding hydrogens is 282 g/mol. The predicted octanol–water partition coefficient (Wildman–Crippen LogP) is 2.74. The van der Waals surface area contributed by atoms with Gasteiger partial charge in [0.2, 0.25) is 0 Å². The zero-order valence-corrected chi connectivity index (χ0v) is 12.5. The fourth-order valence-electron chi connectivity index (χ4n) is 2.78. The first kappa shape index (κ1) is 14.6. The smallest absolute Gasteiger partial charge is 0.420 e. The molecule has 0 saturated carbocycles. The number of carbonyl (C=O) groups is 1. The van der Waals surface area contributed by atoms with Gasteiger partial charge in [0.25, 0.3) is 0 Å². The van der Waals surface area contributed by atoms with Crippen molar-refractivity contribution in [3.05, 3.63) is 47.0 Å². The van der Waals surface area contributed by atoms with Crippen LogP contribution in [0.3, 0.4) is 0 Å². The summed E-state index contributed by atoms with van der Waals surface area (Å²) in [6.45, 7) is 2.44. The van der Waals surface area contributed by atoms with Crippen LogP contribution >= 0.6 is 0 Å². The Balaban J connectivity index is 1.65. The van der Waals surface area contributed by atoms with Crippen molar-refractivity contribution in [3.8, 4) is 0 Å². The lowest BCUT2D eigenvalue weighted by Crippen LogP contribution is -2.26. The van der Waals surface area contributed by atoms with E-state index in [-0.39, 0.29) is 6.54 Å². The second kappa shape index (κ2) is 6.22. The van der Waals surface area contributed by atoms with Gasteiger partial charge in [-0.25, -0.2) is 4.79 Å². The maximum atomic E-state index is 12.0. The van der Waals surface area contributed by atoms with Crippen LogP contribution in [0, 0.1) is 11.8 Å². The van der Waals surface area contributed by atoms with Crippen molar-refractivity contribution in [2.24, 2.45) is 11.8 Å². The van der Waals surface area contributed by atoms with E-state index in [1.54, 1.807) is 24.3 Å². The molecule has 5 heteroatoms. The van der Waals surface area contributed by atoms with Crippen LogP contribution in [0.5, 0.6) is 0 Å². The Morgan fingerprint density at radius 2 is 2.09 bits per heavy atom. The van der Waals surface area contributed by atoms with E-state index in [4.69, 9.17) is 9.15 Å². The summed E-state index contributed by atoms with van der Waals surface area (Å²) in [5.74, 6) is -0.0791. The number of nitrogens with zero attached hydrogens (tertiary/aromatic N) is 1. The molecule has 22 heavy (non-hydrogen) atoms. The van der Waals surface area contributed by atoms with E-state index >= 15 is 0 Å². The minimum absolute atomic E-state index is 0.118. The minimum atomic E-state index is -0.535. The van der Waals surface area contributed by atoms with Gasteiger partial charge in [-0.05, 0) is 36.8 Å². The molecule has 0 N–H and O–H groups in total. The van der Waals surface area contributed by atoms with E-state index < -0.39 is 11.7 Å². The number of ether oxygens (including phenoxy) is 1. The SMILES string of the molecule is CC1CC=CCC1COC(=O)Cn1c(=O)oc2ccccc21. The number of oxazole rings is 1. The highest BCUT2D eigenvalue weighted by Gasteiger charge is 2.20. The Kier molecular flexibility index (Phi) is 4.13. The van der Waals surface area contributed by atoms with Crippen molar-refractivity contribution in [1.29, 1.82) is 0 Å². The molecule has 116 valence electrons. The number of esters is 1. The monoisotopic (exact) mass is 301 g/mol. The number of aromatic nitrogens is 1. The third-order valence-corrected chi connectivity index (χ3v) is 4.24. The molecule has 0 fully saturated rings. The summed E-state index contributed by atoms with van der Waals surface area (Å²) in [5.41, 5.74) is 1.09. The average molecular weight is 301 g/mol. The number of benzene rings is 1. The molecule has 1 aliphatic rings. The predicted molar refractivity (Wildman–Crippen MR) is 82.5 cm³/mol. The van der Waals surface area contributed by atoms with Crippen LogP contribution in [0.2, 0.25) is 0 Å². The summed E-state index contributed by atoms with van der Waals surface area (Å²) >= 11 is 0. The molecule has 0 bridgehead atoms. The molecule has 2 unspecified atom stereocenters. The summed E-state index contributed by atoms with van der Waals surface area (Å²) in [4.78, 5) is 23.8. The lowest BCUT2D eigenvalue weighted by molar-refractivity contribution is -0.146. The van der Waals surface area contributed by atoms with Crippen LogP contribution in [-0.4, -0.2) is 17.1 Å². The first-order chi connectivity index (χ1) is 10.6. The largest absolute Gasteiger partial charge is 0.464 e. The van der Waals surface area contributed by atoms with Crippen molar-refractivity contribution >= 4 is 17.1 Å². The molecule has 0 spiro atoms. The maximum absolute atomic E-state index is 12.0. The Morgan fingerprint density at radius 1 is 1.32 bits per heavy atom. The number of allylic oxidation sites excluding steroid dienone is 2. The normalized spacial score (nSPS) is 21.1. The van der Waals surface area contributed by atoms with Gasteiger partial charge in [-0.15, -0.1) is 0 Å². The molecule has 1 aromatic heterocycles. The molecule has 2 atom stereocenters. The van der Waals surface area contributed by atoms with E-state index in [9.17, 15) is 9.59 Å². The van der Waals surface area contributed by atoms with Gasteiger partial charge in [-0.1, -0.05) is 31.2 Å². The van der Waals surface area contributed by atoms with Crippen molar-refractivity contribution in [2.75, 3.05) is 6.61 Å². The van der Waals surface area contributed by atoms with Gasteiger partial charge in [0, 0.05) is 0 Å². The Labute approximate surface area is 128 Å². The van der Waals surface area contributed by atoms with Gasteiger partial charge >= 0.3 is 11.7 Å². The Bertz CT molecular complexity index is 755. The van der Waals surface area contributed by atoms with E-state index in [1.807, 2.05) is 0 Å². The molecule has 1 heterocycles. The standard InChI is InChI=1S/C17H19NO4/c1-12-6-2-3-7-13(12)11-21-16(19)10-18-14-8-4-5-9-15(14)22-17(18)20/h2-5,8-9,12-13H,6-7,10-11H2,1H3. The third kappa shape index (κ3) is 2.98. The van der Waals surface area contributed by atoms with Crippen LogP contribution in [0.25, 0.3) is 11.1 Å². The van der Waals surface area contributed by atoms with E-state index in [0.717, 1.165) is 12.8 Å². The minimum Gasteiger partial charge on any atom is -0.464 e. The van der Waals surface area contributed by atoms with Crippen LogP contribution in [0.1, 0.15) is 19.8 Å². The summed E-state index contributed by atoms with van der Waals surface area (Å²) in [7, 11) is 0. The number of rotatable bonds is 4. The average Bonchev–Trinajstić information content (AvgIpc) is 2.83. The van der Waals surface area contributed by atoms with Crippen LogP contribution in [0.15, 0.2) is 45.6 Å². The third-order valence-electron chi connectivity index (χ3n) is 4.24. The van der Waals surface area contributed by atoms with Crippen molar-refractivity contribution in [2.45, 2.75) is 26.3 Å². The molecule has 0 amide bonds. The molecule has 2 aromatic rings. The quantitative estimate of drug-likeness (QED) is 0.643. The van der Waals surface area contributed by atoms with Crippen molar-refractivity contribution in [3.63, 3.8) is 0 Å². The molecule has 5 nitrogen and oxygen atoms in total. The second-order valence-corrected chi connectivity index (χ2v) is 5.79. The molecule has 1 aliphatic carbocycles. The van der Waals surface area contributed by atoms with Crippen LogP contribution in [-0.2, 0) is 16.1 Å². The highest BCUT2D eigenvalue weighted by molar-refractivity contribution is 5.76. The first-order valence-corrected chi connectivity index (χ1v) is 7.54. The van der Waals surface area contributed by atoms with Gasteiger partial charge < -0.3 is 9.15 Å². The molecule has 1 aromatic carbocycles. The lowest BCUT2D eigenvalue weighted by atomic mass is 9.85. The van der Waals surface area contributed by atoms with Crippen molar-refractivity contribution in [1.82, 2.24) is 4.57 Å². The first-order valence-electron chi connectivity index (χ1n) is 7.54. The summed E-state index contributed by atoms with van der Waals surface area (Å²) < 4.78 is 11.8. The summed E-state index contributed by atoms with van der Waals surface area (Å²) in [6.07, 6.45) is 6.25. The highest BCUT2D eigenvalue weighted by Crippen LogP contribution is 2.25. The fourth-order valence-corrected chi connectivity index (χ4v) is 2.78. The van der Waals surface area contributed by atoms with E-state index in [1.165, 1.54) is 4.57 Å². The maximum Gasteiger partial charge on any atom is 0.420 e. The highest BCUT2D eigenvalue weighted by atomic mass is 16.5. The van der Waals surface area contributed by atoms with E-state index in [0.29, 0.717) is 29.5 Å². The number of fused-ring (bicyclic) bond motifs is 1. The zero-order valence-electron chi connectivity index (χ0n) is 12.5. The van der Waals surface area contributed by atoms with Gasteiger partial charge in [0.15, 0.2) is 5.58 Å². The number of hydrogen-bond donors (Lipinski definition) is 0. The topological polar surface area (TPSA) is 61.4 Å². The number of para-hydroxylation sites is 2. The van der Waals surface area contributed by atoms with E-state index in [2.05, 4.69) is 19.1 Å². The van der Waals surface area contributed by atoms with Gasteiger partial charge in [0.05, 0.1) is 12.1 Å². The molecule has 0 radical (unpaired) electrons. The Morgan fingerprint density at radius 3 is 2.91 bits per heavy atom. The summed E-state index contributed by atoms with van der Waals surface area (Å²) in [5, 5.41) is 0. The van der Waals surface area contributed by atoms with Gasteiger partial charge in [0.1, 0.15) is 6.54 Å². The lowest BCUT2D eigenvalue weighted by Gasteiger charge is -2.24. The number of hydrogen-bond acceptors (Lipinski definition) is 4. The Hall–Kier alpha value is -2.30. The second-order valence-electron chi connectivity index (χ2n) is 5.79. The fraction of sp³-hybridized carbons (Fsp3) is 0.412. The zero-order chi connectivity index (χ0) is 15.5. The number of carbonyl (C=O) groups excluding carboxylic acids is 1.